The summed E-state index contributed by atoms with van der Waals surface area (Å²) in [5.41, 5.74) is 0. The molecule has 10 heavy (non-hydrogen) atoms. The van der Waals surface area contributed by atoms with Crippen molar-refractivity contribution in [3.63, 3.8) is 0 Å². The van der Waals surface area contributed by atoms with Crippen LogP contribution in [0.3, 0.4) is 0 Å². The summed E-state index contributed by atoms with van der Waals surface area (Å²) in [5, 5.41) is 0. The maximum Gasteiger partial charge on any atom is 0.125 e. The van der Waals surface area contributed by atoms with Gasteiger partial charge in [0.1, 0.15) is 6.29 Å². The smallest absolute Gasteiger partial charge is 0.125 e. The van der Waals surface area contributed by atoms with Crippen LogP contribution in [0.2, 0.25) is 0 Å². The van der Waals surface area contributed by atoms with E-state index < -0.39 is 0 Å². The molecule has 0 aromatic heterocycles. The van der Waals surface area contributed by atoms with Crippen molar-refractivity contribution in [3.05, 3.63) is 0 Å². The van der Waals surface area contributed by atoms with Gasteiger partial charge in [-0.05, 0) is 13.3 Å². The Morgan fingerprint density at radius 1 is 1.50 bits per heavy atom. The first-order valence-corrected chi connectivity index (χ1v) is 3.88. The normalized spacial score (nSPS) is 13.0. The molecule has 60 valence electrons. The highest BCUT2D eigenvalue weighted by atomic mass is 16.5. The Balaban J connectivity index is 3.29. The van der Waals surface area contributed by atoms with Gasteiger partial charge in [-0.3, -0.25) is 0 Å². The minimum absolute atomic E-state index is 0.116. The lowest BCUT2D eigenvalue weighted by Crippen LogP contribution is -2.10. The standard InChI is InChI=1S/C8H16O2/c1-3-5-8(6-9)7-10-4-2/h6,8H,3-5,7H2,1-2H3. The second-order valence-corrected chi connectivity index (χ2v) is 2.34. The Hall–Kier alpha value is -0.370. The molecule has 2 heteroatoms. The lowest BCUT2D eigenvalue weighted by Gasteiger charge is -2.06. The molecule has 0 spiro atoms. The highest BCUT2D eigenvalue weighted by Crippen LogP contribution is 2.02. The van der Waals surface area contributed by atoms with Crippen molar-refractivity contribution >= 4 is 6.29 Å². The molecule has 0 saturated heterocycles. The van der Waals surface area contributed by atoms with E-state index in [-0.39, 0.29) is 5.92 Å². The number of rotatable bonds is 6. The van der Waals surface area contributed by atoms with Crippen LogP contribution in [0.1, 0.15) is 26.7 Å². The van der Waals surface area contributed by atoms with Gasteiger partial charge >= 0.3 is 0 Å². The van der Waals surface area contributed by atoms with Crippen molar-refractivity contribution in [1.29, 1.82) is 0 Å². The van der Waals surface area contributed by atoms with Crippen LogP contribution in [0.25, 0.3) is 0 Å². The van der Waals surface area contributed by atoms with Crippen LogP contribution in [0.15, 0.2) is 0 Å². The molecule has 0 aliphatic heterocycles. The van der Waals surface area contributed by atoms with Crippen molar-refractivity contribution < 1.29 is 9.53 Å². The van der Waals surface area contributed by atoms with E-state index in [1.807, 2.05) is 6.92 Å². The third kappa shape index (κ3) is 4.50. The fourth-order valence-corrected chi connectivity index (χ4v) is 0.831. The number of carbonyl (C=O) groups is 1. The van der Waals surface area contributed by atoms with Crippen LogP contribution in [-0.2, 0) is 9.53 Å². The number of hydrogen-bond acceptors (Lipinski definition) is 2. The van der Waals surface area contributed by atoms with Gasteiger partial charge in [0.2, 0.25) is 0 Å². The zero-order valence-corrected chi connectivity index (χ0v) is 6.80. The van der Waals surface area contributed by atoms with E-state index in [1.54, 1.807) is 0 Å². The monoisotopic (exact) mass is 144 g/mol. The van der Waals surface area contributed by atoms with Gasteiger partial charge in [0.05, 0.1) is 6.61 Å². The largest absolute Gasteiger partial charge is 0.381 e. The van der Waals surface area contributed by atoms with E-state index in [1.165, 1.54) is 0 Å². The quantitative estimate of drug-likeness (QED) is 0.530. The Labute approximate surface area is 62.6 Å². The van der Waals surface area contributed by atoms with Gasteiger partial charge in [-0.25, -0.2) is 0 Å². The minimum Gasteiger partial charge on any atom is -0.381 e. The van der Waals surface area contributed by atoms with Gasteiger partial charge in [-0.15, -0.1) is 0 Å². The molecule has 0 N–H and O–H groups in total. The third-order valence-electron chi connectivity index (χ3n) is 1.39. The molecule has 0 saturated carbocycles. The summed E-state index contributed by atoms with van der Waals surface area (Å²) in [4.78, 5) is 10.3. The van der Waals surface area contributed by atoms with E-state index in [0.717, 1.165) is 19.1 Å². The molecule has 0 radical (unpaired) electrons. The number of ether oxygens (including phenoxy) is 1. The van der Waals surface area contributed by atoms with Crippen molar-refractivity contribution in [2.45, 2.75) is 26.7 Å². The Bertz CT molecular complexity index is 81.3. The summed E-state index contributed by atoms with van der Waals surface area (Å²) in [7, 11) is 0. The lowest BCUT2D eigenvalue weighted by atomic mass is 10.1. The Morgan fingerprint density at radius 3 is 2.60 bits per heavy atom. The minimum atomic E-state index is 0.116. The Kier molecular flexibility index (Phi) is 6.50. The summed E-state index contributed by atoms with van der Waals surface area (Å²) in [6.07, 6.45) is 2.99. The molecule has 0 aromatic carbocycles. The average Bonchev–Trinajstić information content (AvgIpc) is 1.98. The van der Waals surface area contributed by atoms with Crippen molar-refractivity contribution in [2.75, 3.05) is 13.2 Å². The van der Waals surface area contributed by atoms with Crippen molar-refractivity contribution in [1.82, 2.24) is 0 Å². The van der Waals surface area contributed by atoms with E-state index in [0.29, 0.717) is 13.2 Å². The molecule has 0 aliphatic carbocycles. The number of aldehydes is 1. The molecule has 2 nitrogen and oxygen atoms in total. The van der Waals surface area contributed by atoms with Gasteiger partial charge in [0.25, 0.3) is 0 Å². The molecule has 0 bridgehead atoms. The summed E-state index contributed by atoms with van der Waals surface area (Å²) in [6, 6.07) is 0. The van der Waals surface area contributed by atoms with E-state index in [2.05, 4.69) is 6.92 Å². The second kappa shape index (κ2) is 6.75. The predicted molar refractivity (Wildman–Crippen MR) is 41.0 cm³/mol. The molecule has 0 amide bonds. The van der Waals surface area contributed by atoms with Gasteiger partial charge in [-0.2, -0.15) is 0 Å². The topological polar surface area (TPSA) is 26.3 Å². The predicted octanol–water partition coefficient (Wildman–Crippen LogP) is 1.64. The fraction of sp³-hybridized carbons (Fsp3) is 0.875. The average molecular weight is 144 g/mol. The number of carbonyl (C=O) groups excluding carboxylic acids is 1. The first-order chi connectivity index (χ1) is 4.85. The third-order valence-corrected chi connectivity index (χ3v) is 1.39. The van der Waals surface area contributed by atoms with E-state index in [4.69, 9.17) is 4.74 Å². The molecule has 0 heterocycles. The zero-order valence-electron chi connectivity index (χ0n) is 6.80. The van der Waals surface area contributed by atoms with Crippen LogP contribution < -0.4 is 0 Å². The summed E-state index contributed by atoms with van der Waals surface area (Å²) in [6.45, 7) is 5.30. The summed E-state index contributed by atoms with van der Waals surface area (Å²) in [5.74, 6) is 0.116. The van der Waals surface area contributed by atoms with Gasteiger partial charge < -0.3 is 9.53 Å². The molecular weight excluding hydrogens is 128 g/mol. The highest BCUT2D eigenvalue weighted by Gasteiger charge is 2.04. The van der Waals surface area contributed by atoms with Crippen LogP contribution in [0, 0.1) is 5.92 Å². The summed E-state index contributed by atoms with van der Waals surface area (Å²) < 4.78 is 5.11. The maximum atomic E-state index is 10.3. The SMILES string of the molecule is CCCC(C=O)COCC. The van der Waals surface area contributed by atoms with Crippen LogP contribution in [-0.4, -0.2) is 19.5 Å². The molecule has 1 unspecified atom stereocenters. The molecule has 0 fully saturated rings. The van der Waals surface area contributed by atoms with Crippen LogP contribution in [0.4, 0.5) is 0 Å². The van der Waals surface area contributed by atoms with Gasteiger partial charge in [0, 0.05) is 12.5 Å². The van der Waals surface area contributed by atoms with Crippen LogP contribution >= 0.6 is 0 Å². The molecule has 1 atom stereocenters. The fourth-order valence-electron chi connectivity index (χ4n) is 0.831. The molecule has 0 rings (SSSR count). The van der Waals surface area contributed by atoms with Crippen LogP contribution in [0.5, 0.6) is 0 Å². The van der Waals surface area contributed by atoms with Gasteiger partial charge in [0.15, 0.2) is 0 Å². The second-order valence-electron chi connectivity index (χ2n) is 2.34. The molecular formula is C8H16O2. The maximum absolute atomic E-state index is 10.3. The van der Waals surface area contributed by atoms with E-state index >= 15 is 0 Å². The summed E-state index contributed by atoms with van der Waals surface area (Å²) >= 11 is 0. The van der Waals surface area contributed by atoms with Gasteiger partial charge in [-0.1, -0.05) is 13.3 Å². The first kappa shape index (κ1) is 9.63. The van der Waals surface area contributed by atoms with Crippen molar-refractivity contribution in [3.8, 4) is 0 Å². The molecule has 0 aliphatic rings. The van der Waals surface area contributed by atoms with E-state index in [9.17, 15) is 4.79 Å². The zero-order chi connectivity index (χ0) is 7.82. The molecule has 0 aromatic rings. The number of hydrogen-bond donors (Lipinski definition) is 0. The Morgan fingerprint density at radius 2 is 2.20 bits per heavy atom. The lowest BCUT2D eigenvalue weighted by molar-refractivity contribution is -0.113. The highest BCUT2D eigenvalue weighted by molar-refractivity contribution is 5.53. The van der Waals surface area contributed by atoms with Crippen molar-refractivity contribution in [2.24, 2.45) is 5.92 Å². The first-order valence-electron chi connectivity index (χ1n) is 3.88.